The number of hydroxylamine groups is 3. The van der Waals surface area contributed by atoms with Crippen molar-refractivity contribution in [1.82, 2.24) is 5.32 Å². The summed E-state index contributed by atoms with van der Waals surface area (Å²) in [5.74, 6) is -0.0170. The van der Waals surface area contributed by atoms with Gasteiger partial charge in [0.2, 0.25) is 0 Å². The predicted molar refractivity (Wildman–Crippen MR) is 94.0 cm³/mol. The molecule has 3 atom stereocenters. The molecule has 0 saturated heterocycles. The third-order valence-corrected chi connectivity index (χ3v) is 4.92. The average Bonchev–Trinajstić information content (AvgIpc) is 2.44. The highest BCUT2D eigenvalue weighted by Crippen LogP contribution is 2.39. The molecule has 1 N–H and O–H groups in total. The van der Waals surface area contributed by atoms with Gasteiger partial charge in [0.1, 0.15) is 6.04 Å². The zero-order valence-corrected chi connectivity index (χ0v) is 15.7. The molecule has 142 valence electrons. The van der Waals surface area contributed by atoms with E-state index in [1.807, 2.05) is 0 Å². The molecule has 1 aliphatic carbocycles. The zero-order chi connectivity index (χ0) is 19.0. The van der Waals surface area contributed by atoms with E-state index in [1.54, 1.807) is 20.2 Å². The molecule has 0 aliphatic heterocycles. The molecule has 3 nitrogen and oxygen atoms in total. The van der Waals surface area contributed by atoms with E-state index in [-0.39, 0.29) is 23.5 Å². The molecule has 2 rings (SSSR count). The molecule has 0 bridgehead atoms. The molecule has 25 heavy (non-hydrogen) atoms. The highest BCUT2D eigenvalue weighted by Gasteiger charge is 2.39. The number of alkyl halides is 3. The molecule has 1 fully saturated rings. The lowest BCUT2D eigenvalue weighted by atomic mass is 9.77. The number of quaternary nitrogens is 1. The first-order valence-corrected chi connectivity index (χ1v) is 8.77. The van der Waals surface area contributed by atoms with Crippen LogP contribution in [0.25, 0.3) is 0 Å². The van der Waals surface area contributed by atoms with Gasteiger partial charge >= 0.3 is 6.18 Å². The van der Waals surface area contributed by atoms with Crippen LogP contribution in [0.5, 0.6) is 0 Å². The number of benzene rings is 1. The highest BCUT2D eigenvalue weighted by molar-refractivity contribution is 5.29. The Balaban J connectivity index is 2.24. The third kappa shape index (κ3) is 5.43. The van der Waals surface area contributed by atoms with E-state index >= 15 is 0 Å². The number of hydrogen-bond donors (Lipinski definition) is 1. The predicted octanol–water partition coefficient (Wildman–Crippen LogP) is 4.67. The Bertz CT molecular complexity index is 588. The van der Waals surface area contributed by atoms with E-state index in [4.69, 9.17) is 0 Å². The van der Waals surface area contributed by atoms with Gasteiger partial charge in [-0.1, -0.05) is 18.2 Å². The molecule has 0 amide bonds. The summed E-state index contributed by atoms with van der Waals surface area (Å²) in [4.78, 5) is 0. The van der Waals surface area contributed by atoms with Gasteiger partial charge in [-0.2, -0.15) is 13.2 Å². The van der Waals surface area contributed by atoms with Crippen LogP contribution in [0, 0.1) is 5.21 Å². The number of likely N-dealkylation sites (N-methyl/N-ethyl adjacent to an activating group) is 1. The van der Waals surface area contributed by atoms with Gasteiger partial charge in [0.05, 0.1) is 25.7 Å². The fraction of sp³-hybridized carbons (Fsp3) is 0.684. The molecule has 1 aromatic carbocycles. The van der Waals surface area contributed by atoms with Crippen molar-refractivity contribution in [2.24, 2.45) is 0 Å². The Hall–Kier alpha value is -1.11. The van der Waals surface area contributed by atoms with Gasteiger partial charge < -0.3 is 15.2 Å². The van der Waals surface area contributed by atoms with Crippen LogP contribution in [-0.4, -0.2) is 36.4 Å². The smallest absolute Gasteiger partial charge is 0.416 e. The molecule has 6 heteroatoms. The first-order chi connectivity index (χ1) is 11.3. The topological polar surface area (TPSA) is 35.1 Å². The number of rotatable bonds is 3. The van der Waals surface area contributed by atoms with Crippen LogP contribution in [-0.2, 0) is 6.18 Å². The van der Waals surface area contributed by atoms with Crippen LogP contribution in [0.3, 0.4) is 0 Å². The van der Waals surface area contributed by atoms with E-state index in [2.05, 4.69) is 26.1 Å². The number of nitrogens with zero attached hydrogens (tertiary/aromatic N) is 1. The van der Waals surface area contributed by atoms with Crippen LogP contribution < -0.4 is 5.32 Å². The molecule has 1 aliphatic rings. The second kappa shape index (κ2) is 6.89. The average molecular weight is 358 g/mol. The summed E-state index contributed by atoms with van der Waals surface area (Å²) in [6, 6.07) is 5.43. The summed E-state index contributed by atoms with van der Waals surface area (Å²) in [5.41, 5.74) is -0.0453. The van der Waals surface area contributed by atoms with Crippen molar-refractivity contribution in [3.63, 3.8) is 0 Å². The number of nitrogens with one attached hydrogen (secondary N) is 1. The van der Waals surface area contributed by atoms with E-state index in [1.165, 1.54) is 12.1 Å². The first kappa shape index (κ1) is 20.2. The third-order valence-electron chi connectivity index (χ3n) is 4.92. The van der Waals surface area contributed by atoms with Crippen LogP contribution in [0.1, 0.15) is 57.1 Å². The first-order valence-electron chi connectivity index (χ1n) is 8.77. The van der Waals surface area contributed by atoms with E-state index in [0.29, 0.717) is 12.0 Å². The monoisotopic (exact) mass is 358 g/mol. The van der Waals surface area contributed by atoms with Crippen molar-refractivity contribution in [2.75, 3.05) is 14.1 Å². The minimum absolute atomic E-state index is 0.0170. The molecule has 0 spiro atoms. The number of hydrogen-bond acceptors (Lipinski definition) is 2. The second-order valence-electron chi connectivity index (χ2n) is 8.64. The summed E-state index contributed by atoms with van der Waals surface area (Å²) < 4.78 is 38.5. The summed E-state index contributed by atoms with van der Waals surface area (Å²) in [6.45, 7) is 6.19. The van der Waals surface area contributed by atoms with Crippen molar-refractivity contribution >= 4 is 0 Å². The van der Waals surface area contributed by atoms with E-state index in [9.17, 15) is 18.4 Å². The van der Waals surface area contributed by atoms with Gasteiger partial charge in [0.25, 0.3) is 0 Å². The molecule has 0 radical (unpaired) electrons. The van der Waals surface area contributed by atoms with Crippen LogP contribution in [0.15, 0.2) is 24.3 Å². The molecular weight excluding hydrogens is 329 g/mol. The van der Waals surface area contributed by atoms with Crippen LogP contribution in [0.4, 0.5) is 13.2 Å². The largest absolute Gasteiger partial charge is 0.633 e. The quantitative estimate of drug-likeness (QED) is 0.629. The van der Waals surface area contributed by atoms with Crippen molar-refractivity contribution in [1.29, 1.82) is 0 Å². The molecule has 0 aromatic heterocycles. The lowest BCUT2D eigenvalue weighted by Crippen LogP contribution is -2.60. The summed E-state index contributed by atoms with van der Waals surface area (Å²) >= 11 is 0. The van der Waals surface area contributed by atoms with E-state index < -0.39 is 16.4 Å². The maximum absolute atomic E-state index is 13.0. The van der Waals surface area contributed by atoms with Gasteiger partial charge in [-0.25, -0.2) is 0 Å². The minimum Gasteiger partial charge on any atom is -0.633 e. The molecule has 1 saturated carbocycles. The molecule has 0 unspecified atom stereocenters. The Morgan fingerprint density at radius 2 is 1.76 bits per heavy atom. The Labute approximate surface area is 148 Å². The summed E-state index contributed by atoms with van der Waals surface area (Å²) in [7, 11) is 3.24. The fourth-order valence-corrected chi connectivity index (χ4v) is 3.83. The Kier molecular flexibility index (Phi) is 5.57. The Morgan fingerprint density at radius 3 is 2.28 bits per heavy atom. The van der Waals surface area contributed by atoms with Crippen LogP contribution in [0.2, 0.25) is 0 Å². The SMILES string of the molecule is CC(C)(C)N[C@H]1CC[C@H](c2cccc(C(F)(F)F)c2)C[C@@H]1[N+](C)(C)[O-]. The van der Waals surface area contributed by atoms with Gasteiger partial charge in [0.15, 0.2) is 0 Å². The van der Waals surface area contributed by atoms with Crippen molar-refractivity contribution < 1.29 is 17.8 Å². The Morgan fingerprint density at radius 1 is 1.12 bits per heavy atom. The van der Waals surface area contributed by atoms with Gasteiger partial charge in [0, 0.05) is 12.0 Å². The van der Waals surface area contributed by atoms with E-state index in [0.717, 1.165) is 18.9 Å². The minimum atomic E-state index is -4.34. The maximum atomic E-state index is 13.0. The summed E-state index contributed by atoms with van der Waals surface area (Å²) in [5, 5.41) is 16.2. The summed E-state index contributed by atoms with van der Waals surface area (Å²) in [6.07, 6.45) is -2.18. The lowest BCUT2D eigenvalue weighted by molar-refractivity contribution is -0.869. The van der Waals surface area contributed by atoms with Gasteiger partial charge in [-0.15, -0.1) is 0 Å². The lowest BCUT2D eigenvalue weighted by Gasteiger charge is -2.50. The van der Waals surface area contributed by atoms with Crippen LogP contribution >= 0.6 is 0 Å². The highest BCUT2D eigenvalue weighted by atomic mass is 19.4. The normalized spacial score (nSPS) is 25.9. The molecule has 1 aromatic rings. The molecule has 0 heterocycles. The maximum Gasteiger partial charge on any atom is 0.416 e. The standard InChI is InChI=1S/C19H29F3N2O/c1-18(2,3)23-16-10-9-14(12-17(16)24(4,5)25)13-7-6-8-15(11-13)19(20,21)22/h6-8,11,14,16-17,23H,9-10,12H2,1-5H3/t14-,16-,17-/m0/s1. The van der Waals surface area contributed by atoms with Gasteiger partial charge in [-0.3, -0.25) is 0 Å². The fourth-order valence-electron chi connectivity index (χ4n) is 3.83. The number of halogens is 3. The zero-order valence-electron chi connectivity index (χ0n) is 15.7. The molecular formula is C19H29F3N2O. The van der Waals surface area contributed by atoms with Crippen molar-refractivity contribution in [2.45, 2.75) is 69.8 Å². The van der Waals surface area contributed by atoms with Crippen molar-refractivity contribution in [3.8, 4) is 0 Å². The van der Waals surface area contributed by atoms with Gasteiger partial charge in [-0.05, 0) is 51.2 Å². The van der Waals surface area contributed by atoms with Crippen molar-refractivity contribution in [3.05, 3.63) is 40.6 Å². The second-order valence-corrected chi connectivity index (χ2v) is 8.64.